The van der Waals surface area contributed by atoms with E-state index in [0.29, 0.717) is 23.7 Å². The van der Waals surface area contributed by atoms with Gasteiger partial charge in [0.25, 0.3) is 5.91 Å². The van der Waals surface area contributed by atoms with Crippen molar-refractivity contribution in [2.24, 2.45) is 0 Å². The Morgan fingerprint density at radius 2 is 1.52 bits per heavy atom. The number of benzene rings is 3. The van der Waals surface area contributed by atoms with E-state index in [2.05, 4.69) is 10.6 Å². The topological polar surface area (TPSA) is 76.7 Å². The van der Waals surface area contributed by atoms with Gasteiger partial charge in [-0.3, -0.25) is 9.59 Å². The van der Waals surface area contributed by atoms with Crippen LogP contribution in [-0.2, 0) is 16.2 Å². The van der Waals surface area contributed by atoms with Gasteiger partial charge in [0.2, 0.25) is 5.91 Å². The fourth-order valence-corrected chi connectivity index (χ4v) is 2.59. The lowest BCUT2D eigenvalue weighted by Crippen LogP contribution is -2.20. The molecule has 0 spiro atoms. The molecule has 0 saturated heterocycles. The molecule has 0 radical (unpaired) electrons. The van der Waals surface area contributed by atoms with Crippen molar-refractivity contribution in [2.45, 2.75) is 13.5 Å². The molecule has 3 aromatic rings. The second kappa shape index (κ2) is 9.94. The van der Waals surface area contributed by atoms with Gasteiger partial charge in [-0.1, -0.05) is 36.4 Å². The minimum atomic E-state index is -0.284. The Kier molecular flexibility index (Phi) is 6.84. The minimum Gasteiger partial charge on any atom is -0.489 e. The van der Waals surface area contributed by atoms with Gasteiger partial charge in [0.05, 0.1) is 0 Å². The van der Waals surface area contributed by atoms with Crippen molar-refractivity contribution >= 4 is 23.2 Å². The normalized spacial score (nSPS) is 10.1. The fraction of sp³-hybridized carbons (Fsp3) is 0.130. The quantitative estimate of drug-likeness (QED) is 0.603. The molecule has 29 heavy (non-hydrogen) atoms. The van der Waals surface area contributed by atoms with Crippen LogP contribution in [0.25, 0.3) is 0 Å². The molecule has 3 rings (SSSR count). The zero-order chi connectivity index (χ0) is 20.5. The van der Waals surface area contributed by atoms with E-state index >= 15 is 0 Å². The number of carbonyl (C=O) groups is 2. The Bertz CT molecular complexity index is 956. The molecule has 0 atom stereocenters. The molecule has 0 bridgehead atoms. The summed E-state index contributed by atoms with van der Waals surface area (Å²) in [6.45, 7) is 1.77. The van der Waals surface area contributed by atoms with Crippen LogP contribution in [0.15, 0.2) is 78.9 Å². The van der Waals surface area contributed by atoms with Crippen LogP contribution in [0.4, 0.5) is 11.4 Å². The molecule has 0 heterocycles. The largest absolute Gasteiger partial charge is 0.489 e. The lowest BCUT2D eigenvalue weighted by molar-refractivity contribution is -0.118. The molecular weight excluding hydrogens is 368 g/mol. The van der Waals surface area contributed by atoms with E-state index in [-0.39, 0.29) is 18.4 Å². The van der Waals surface area contributed by atoms with Gasteiger partial charge < -0.3 is 20.1 Å². The highest BCUT2D eigenvalue weighted by molar-refractivity contribution is 5.92. The number of hydrogen-bond donors (Lipinski definition) is 2. The number of hydrogen-bond acceptors (Lipinski definition) is 4. The number of nitrogens with one attached hydrogen (secondary N) is 2. The van der Waals surface area contributed by atoms with E-state index in [1.54, 1.807) is 48.5 Å². The van der Waals surface area contributed by atoms with Crippen molar-refractivity contribution in [3.63, 3.8) is 0 Å². The number of amides is 2. The van der Waals surface area contributed by atoms with Gasteiger partial charge in [-0.2, -0.15) is 0 Å². The Balaban J connectivity index is 1.46. The summed E-state index contributed by atoms with van der Waals surface area (Å²) in [6, 6.07) is 23.9. The predicted molar refractivity (Wildman–Crippen MR) is 112 cm³/mol. The summed E-state index contributed by atoms with van der Waals surface area (Å²) >= 11 is 0. The molecule has 0 aromatic heterocycles. The molecule has 2 N–H and O–H groups in total. The molecule has 0 saturated carbocycles. The van der Waals surface area contributed by atoms with E-state index in [1.165, 1.54) is 6.92 Å². The zero-order valence-electron chi connectivity index (χ0n) is 16.1. The second-order valence-corrected chi connectivity index (χ2v) is 6.34. The number of rotatable bonds is 8. The average molecular weight is 390 g/mol. The number of ether oxygens (including phenoxy) is 2. The highest BCUT2D eigenvalue weighted by atomic mass is 16.5. The monoisotopic (exact) mass is 390 g/mol. The summed E-state index contributed by atoms with van der Waals surface area (Å²) in [4.78, 5) is 23.2. The maximum Gasteiger partial charge on any atom is 0.262 e. The van der Waals surface area contributed by atoms with Gasteiger partial charge in [0.1, 0.15) is 18.1 Å². The third-order valence-corrected chi connectivity index (χ3v) is 3.91. The van der Waals surface area contributed by atoms with Crippen LogP contribution in [0.1, 0.15) is 12.5 Å². The van der Waals surface area contributed by atoms with Gasteiger partial charge in [0, 0.05) is 24.4 Å². The van der Waals surface area contributed by atoms with Crippen molar-refractivity contribution in [1.29, 1.82) is 0 Å². The van der Waals surface area contributed by atoms with Crippen molar-refractivity contribution < 1.29 is 19.1 Å². The maximum atomic E-state index is 12.1. The molecule has 6 nitrogen and oxygen atoms in total. The predicted octanol–water partition coefficient (Wildman–Crippen LogP) is 4.24. The number of carbonyl (C=O) groups excluding carboxylic acids is 2. The first-order valence-corrected chi connectivity index (χ1v) is 9.15. The van der Waals surface area contributed by atoms with E-state index in [0.717, 1.165) is 11.3 Å². The summed E-state index contributed by atoms with van der Waals surface area (Å²) in [5.41, 5.74) is 2.35. The second-order valence-electron chi connectivity index (χ2n) is 6.34. The van der Waals surface area contributed by atoms with Crippen LogP contribution in [0.5, 0.6) is 11.5 Å². The fourth-order valence-electron chi connectivity index (χ4n) is 2.59. The summed E-state index contributed by atoms with van der Waals surface area (Å²) in [7, 11) is 0. The molecule has 2 amide bonds. The van der Waals surface area contributed by atoms with Crippen LogP contribution in [0, 0.1) is 0 Å². The molecular formula is C23H22N2O4. The van der Waals surface area contributed by atoms with Crippen LogP contribution in [0.3, 0.4) is 0 Å². The third kappa shape index (κ3) is 6.70. The summed E-state index contributed by atoms with van der Waals surface area (Å²) < 4.78 is 11.2. The van der Waals surface area contributed by atoms with Crippen molar-refractivity contribution in [3.8, 4) is 11.5 Å². The van der Waals surface area contributed by atoms with E-state index in [9.17, 15) is 9.59 Å². The third-order valence-electron chi connectivity index (χ3n) is 3.91. The Morgan fingerprint density at radius 1 is 0.759 bits per heavy atom. The molecule has 6 heteroatoms. The molecule has 0 aliphatic heterocycles. The van der Waals surface area contributed by atoms with Gasteiger partial charge in [0.15, 0.2) is 6.61 Å². The lowest BCUT2D eigenvalue weighted by atomic mass is 10.2. The van der Waals surface area contributed by atoms with Gasteiger partial charge >= 0.3 is 0 Å². The van der Waals surface area contributed by atoms with Crippen LogP contribution >= 0.6 is 0 Å². The number of anilines is 2. The molecule has 0 fully saturated rings. The van der Waals surface area contributed by atoms with Crippen LogP contribution in [0.2, 0.25) is 0 Å². The Morgan fingerprint density at radius 3 is 2.24 bits per heavy atom. The van der Waals surface area contributed by atoms with E-state index in [1.807, 2.05) is 30.3 Å². The van der Waals surface area contributed by atoms with Crippen LogP contribution < -0.4 is 20.1 Å². The molecule has 0 unspecified atom stereocenters. The van der Waals surface area contributed by atoms with E-state index < -0.39 is 0 Å². The first-order chi connectivity index (χ1) is 14.1. The Hall–Kier alpha value is -3.80. The lowest BCUT2D eigenvalue weighted by Gasteiger charge is -2.10. The summed E-state index contributed by atoms with van der Waals surface area (Å²) in [6.07, 6.45) is 0. The summed E-state index contributed by atoms with van der Waals surface area (Å²) in [5, 5.41) is 5.44. The molecule has 3 aromatic carbocycles. The van der Waals surface area contributed by atoms with Gasteiger partial charge in [-0.15, -0.1) is 0 Å². The van der Waals surface area contributed by atoms with Gasteiger partial charge in [-0.05, 0) is 42.0 Å². The first kappa shape index (κ1) is 19.9. The van der Waals surface area contributed by atoms with Crippen molar-refractivity contribution in [2.75, 3.05) is 17.2 Å². The molecule has 0 aliphatic rings. The smallest absolute Gasteiger partial charge is 0.262 e. The van der Waals surface area contributed by atoms with Crippen molar-refractivity contribution in [1.82, 2.24) is 0 Å². The van der Waals surface area contributed by atoms with E-state index in [4.69, 9.17) is 9.47 Å². The zero-order valence-corrected chi connectivity index (χ0v) is 16.1. The SMILES string of the molecule is CC(=O)Nc1cccc(OCC(=O)Nc2ccc(OCc3ccccc3)cc2)c1. The minimum absolute atomic E-state index is 0.143. The highest BCUT2D eigenvalue weighted by Gasteiger charge is 2.05. The molecule has 0 aliphatic carbocycles. The average Bonchev–Trinajstić information content (AvgIpc) is 2.72. The van der Waals surface area contributed by atoms with Crippen molar-refractivity contribution in [3.05, 3.63) is 84.4 Å². The maximum absolute atomic E-state index is 12.1. The standard InChI is InChI=1S/C23H22N2O4/c1-17(26)24-20-8-5-9-22(14-20)29-16-23(27)25-19-10-12-21(13-11-19)28-15-18-6-3-2-4-7-18/h2-14H,15-16H2,1H3,(H,24,26)(H,25,27). The van der Waals surface area contributed by atoms with Gasteiger partial charge in [-0.25, -0.2) is 0 Å². The summed E-state index contributed by atoms with van der Waals surface area (Å²) in [5.74, 6) is 0.762. The van der Waals surface area contributed by atoms with Crippen LogP contribution in [-0.4, -0.2) is 18.4 Å². The first-order valence-electron chi connectivity index (χ1n) is 9.15. The molecule has 148 valence electrons. The Labute approximate surface area is 169 Å². The highest BCUT2D eigenvalue weighted by Crippen LogP contribution is 2.19.